The van der Waals surface area contributed by atoms with Gasteiger partial charge >= 0.3 is 5.97 Å². The van der Waals surface area contributed by atoms with Crippen molar-refractivity contribution in [2.24, 2.45) is 51.2 Å². The van der Waals surface area contributed by atoms with E-state index >= 15 is 0 Å². The Morgan fingerprint density at radius 3 is 2.54 bits per heavy atom. The number of aliphatic carboxylic acids is 1. The third-order valence-electron chi connectivity index (χ3n) is 15.6. The maximum absolute atomic E-state index is 12.9. The number of carbonyl (C=O) groups is 1. The number of allylic oxidation sites excluding steroid dienone is 2. The predicted molar refractivity (Wildman–Crippen MR) is 187 cm³/mol. The number of nitrogen functional groups attached to an aromatic ring is 1. The lowest BCUT2D eigenvalue weighted by Crippen LogP contribution is -2.64. The molecule has 8 rings (SSSR count). The van der Waals surface area contributed by atoms with Crippen LogP contribution in [0.15, 0.2) is 22.3 Å². The Labute approximate surface area is 286 Å². The Kier molecular flexibility index (Phi) is 7.28. The molecule has 262 valence electrons. The number of morpholine rings is 1. The number of rotatable bonds is 4. The maximum atomic E-state index is 12.9. The fourth-order valence-corrected chi connectivity index (χ4v) is 13.3. The molecule has 0 amide bonds. The first-order chi connectivity index (χ1) is 22.6. The summed E-state index contributed by atoms with van der Waals surface area (Å²) in [4.78, 5) is 15.3. The van der Waals surface area contributed by atoms with Crippen molar-refractivity contribution in [2.75, 3.05) is 32.0 Å². The number of hydrogen-bond donors (Lipinski definition) is 3. The summed E-state index contributed by atoms with van der Waals surface area (Å²) < 4.78 is 12.0. The average molecular weight is 659 g/mol. The van der Waals surface area contributed by atoms with Gasteiger partial charge in [0.05, 0.1) is 31.9 Å². The number of nitrogens with two attached hydrogens (primary N) is 1. The van der Waals surface area contributed by atoms with Crippen LogP contribution >= 0.6 is 0 Å². The lowest BCUT2D eigenvalue weighted by Gasteiger charge is -2.70. The minimum absolute atomic E-state index is 0.0253. The summed E-state index contributed by atoms with van der Waals surface area (Å²) in [6.07, 6.45) is 10.2. The largest absolute Gasteiger partial charge is 0.481 e. The molecule has 0 radical (unpaired) electrons. The van der Waals surface area contributed by atoms with E-state index in [1.807, 2.05) is 6.26 Å². The van der Waals surface area contributed by atoms with Gasteiger partial charge < -0.3 is 20.0 Å². The summed E-state index contributed by atoms with van der Waals surface area (Å²) in [5.41, 5.74) is 13.3. The first-order valence-electron chi connectivity index (χ1n) is 18.8. The number of nitrogens with one attached hydrogen (secondary N) is 1. The van der Waals surface area contributed by atoms with Crippen LogP contribution in [0.2, 0.25) is 0 Å². The molecular weight excluding hydrogens is 600 g/mol. The Bertz CT molecular complexity index is 1650. The lowest BCUT2D eigenvalue weighted by molar-refractivity contribution is -0.161. The molecule has 2 aromatic rings. The number of carboxylic acid groups (broad SMARTS) is 1. The molecule has 0 spiro atoms. The fraction of sp³-hybridized carbons (Fsp3) is 0.750. The highest BCUT2D eigenvalue weighted by atomic mass is 16.5. The molecule has 2 aromatic heterocycles. The van der Waals surface area contributed by atoms with Crippen molar-refractivity contribution in [3.63, 3.8) is 0 Å². The number of nitrogens with zero attached hydrogens (tertiary/aromatic N) is 2. The van der Waals surface area contributed by atoms with Gasteiger partial charge in [0.1, 0.15) is 11.6 Å². The third-order valence-corrected chi connectivity index (χ3v) is 15.6. The van der Waals surface area contributed by atoms with Crippen LogP contribution in [0.1, 0.15) is 116 Å². The fourth-order valence-electron chi connectivity index (χ4n) is 13.3. The van der Waals surface area contributed by atoms with Crippen molar-refractivity contribution in [1.29, 1.82) is 0 Å². The van der Waals surface area contributed by atoms with E-state index in [0.29, 0.717) is 17.7 Å². The van der Waals surface area contributed by atoms with Crippen LogP contribution in [-0.2, 0) is 27.9 Å². The molecule has 1 aliphatic heterocycles. The number of anilines is 1. The molecule has 8 heteroatoms. The van der Waals surface area contributed by atoms with Gasteiger partial charge in [0.15, 0.2) is 0 Å². The van der Waals surface area contributed by atoms with Crippen LogP contribution in [0.4, 0.5) is 5.82 Å². The van der Waals surface area contributed by atoms with Crippen molar-refractivity contribution in [3.05, 3.63) is 40.5 Å². The van der Waals surface area contributed by atoms with Crippen LogP contribution < -0.4 is 5.73 Å². The highest BCUT2D eigenvalue weighted by Gasteiger charge is 2.68. The summed E-state index contributed by atoms with van der Waals surface area (Å²) in [5.74, 6) is 2.17. The molecule has 4 N–H and O–H groups in total. The van der Waals surface area contributed by atoms with Crippen LogP contribution in [-0.4, -0.2) is 52.5 Å². The summed E-state index contributed by atoms with van der Waals surface area (Å²) in [6.45, 7) is 21.4. The first-order valence-corrected chi connectivity index (χ1v) is 18.8. The Balaban J connectivity index is 1.29. The lowest BCUT2D eigenvalue weighted by atomic mass is 9.33. The smallest absolute Gasteiger partial charge is 0.306 e. The van der Waals surface area contributed by atoms with Crippen molar-refractivity contribution in [3.8, 4) is 0 Å². The van der Waals surface area contributed by atoms with Crippen molar-refractivity contribution in [1.82, 2.24) is 15.1 Å². The molecule has 1 unspecified atom stereocenters. The van der Waals surface area contributed by atoms with Crippen LogP contribution in [0, 0.1) is 51.2 Å². The number of furan rings is 1. The van der Waals surface area contributed by atoms with E-state index < -0.39 is 5.97 Å². The van der Waals surface area contributed by atoms with Gasteiger partial charge in [-0.25, -0.2) is 0 Å². The standard InChI is InChI=1S/C40H58N4O4/c1-36(2)18-27-25(28(19-36)35(45)46)8-10-40(7)32(27)26(23-16-24(48-22-23)21-44-12-14-47-15-13-44)17-31-38(5)20-29-33(42-43-34(29)41)37(3,4)30(38)9-11-39(31,40)6/h16,22,25,27-28,30-31H,8-15,17-21H2,1-7H3,(H,45,46)(H3,41,42,43)/t25-,27-,28+,30-,31?,38-,39+,40+/m0/s1. The minimum Gasteiger partial charge on any atom is -0.481 e. The van der Waals surface area contributed by atoms with Crippen molar-refractivity contribution >= 4 is 17.4 Å². The monoisotopic (exact) mass is 658 g/mol. The molecular formula is C40H58N4O4. The van der Waals surface area contributed by atoms with E-state index in [0.717, 1.165) is 77.1 Å². The zero-order chi connectivity index (χ0) is 34.0. The van der Waals surface area contributed by atoms with E-state index in [1.54, 1.807) is 5.57 Å². The first kappa shape index (κ1) is 32.6. The van der Waals surface area contributed by atoms with Gasteiger partial charge in [0.25, 0.3) is 0 Å². The van der Waals surface area contributed by atoms with Crippen LogP contribution in [0.25, 0.3) is 5.57 Å². The molecule has 48 heavy (non-hydrogen) atoms. The number of H-pyrrole nitrogens is 1. The molecule has 3 saturated carbocycles. The van der Waals surface area contributed by atoms with E-state index in [2.05, 4.69) is 69.6 Å². The van der Waals surface area contributed by atoms with Gasteiger partial charge in [-0.2, -0.15) is 5.10 Å². The molecule has 0 aromatic carbocycles. The molecule has 4 fully saturated rings. The zero-order valence-corrected chi connectivity index (χ0v) is 30.4. The molecule has 1 saturated heterocycles. The Hall–Kier alpha value is -2.58. The molecule has 6 aliphatic rings. The highest BCUT2D eigenvalue weighted by Crippen LogP contribution is 2.76. The quantitative estimate of drug-likeness (QED) is 0.308. The SMILES string of the molecule is CC1(C)C[C@@H]2C3=C(c4coc(CN5CCOCC5)c4)CC4[C@@]5(C)Cc6c(N)n[nH]c6C(C)(C)[C@@H]5CC[C@@]4(C)[C@]3(C)CC[C@@H]2[C@H](C(=O)O)C1. The Morgan fingerprint density at radius 2 is 1.81 bits per heavy atom. The number of fused-ring (bicyclic) bond motifs is 8. The van der Waals surface area contributed by atoms with Crippen molar-refractivity contribution in [2.45, 2.75) is 112 Å². The summed E-state index contributed by atoms with van der Waals surface area (Å²) in [7, 11) is 0. The Morgan fingerprint density at radius 1 is 1.06 bits per heavy atom. The summed E-state index contributed by atoms with van der Waals surface area (Å²) >= 11 is 0. The van der Waals surface area contributed by atoms with Gasteiger partial charge in [0.2, 0.25) is 0 Å². The van der Waals surface area contributed by atoms with Gasteiger partial charge in [-0.05, 0) is 108 Å². The van der Waals surface area contributed by atoms with E-state index in [4.69, 9.17) is 14.9 Å². The second-order valence-electron chi connectivity index (χ2n) is 18.9. The number of aromatic amines is 1. The normalized spacial score (nSPS) is 40.3. The van der Waals surface area contributed by atoms with Gasteiger partial charge in [-0.3, -0.25) is 14.8 Å². The summed E-state index contributed by atoms with van der Waals surface area (Å²) in [5, 5.41) is 18.5. The maximum Gasteiger partial charge on any atom is 0.306 e. The zero-order valence-electron chi connectivity index (χ0n) is 30.4. The van der Waals surface area contributed by atoms with Gasteiger partial charge in [-0.15, -0.1) is 0 Å². The van der Waals surface area contributed by atoms with E-state index in [1.165, 1.54) is 35.2 Å². The number of aromatic nitrogens is 2. The van der Waals surface area contributed by atoms with Crippen LogP contribution in [0.3, 0.4) is 0 Å². The summed E-state index contributed by atoms with van der Waals surface area (Å²) in [6, 6.07) is 2.33. The predicted octanol–water partition coefficient (Wildman–Crippen LogP) is 7.70. The second-order valence-corrected chi connectivity index (χ2v) is 18.9. The third kappa shape index (κ3) is 4.52. The van der Waals surface area contributed by atoms with E-state index in [-0.39, 0.29) is 44.8 Å². The van der Waals surface area contributed by atoms with E-state index in [9.17, 15) is 9.90 Å². The van der Waals surface area contributed by atoms with Crippen molar-refractivity contribution < 1.29 is 19.1 Å². The molecule has 5 aliphatic carbocycles. The highest BCUT2D eigenvalue weighted by molar-refractivity contribution is 5.75. The second kappa shape index (κ2) is 10.7. The number of hydrogen-bond acceptors (Lipinski definition) is 6. The minimum atomic E-state index is -0.606. The van der Waals surface area contributed by atoms with Crippen LogP contribution in [0.5, 0.6) is 0 Å². The van der Waals surface area contributed by atoms with Gasteiger partial charge in [0, 0.05) is 35.3 Å². The molecule has 8 atom stereocenters. The number of ether oxygens (including phenoxy) is 1. The molecule has 3 heterocycles. The van der Waals surface area contributed by atoms with Gasteiger partial charge in [-0.1, -0.05) is 54.0 Å². The average Bonchev–Trinajstić information content (AvgIpc) is 3.63. The molecule has 8 nitrogen and oxygen atoms in total. The molecule has 0 bridgehead atoms. The topological polar surface area (TPSA) is 118 Å². The number of carboxylic acids is 1.